The van der Waals surface area contributed by atoms with Crippen LogP contribution in [0.3, 0.4) is 0 Å². The number of hydrogen-bond acceptors (Lipinski definition) is 5. The predicted molar refractivity (Wildman–Crippen MR) is 139 cm³/mol. The Bertz CT molecular complexity index is 1210. The molecule has 1 saturated heterocycles. The molecule has 1 aliphatic heterocycles. The number of anilines is 2. The van der Waals surface area contributed by atoms with Gasteiger partial charge in [0.15, 0.2) is 0 Å². The molecule has 0 radical (unpaired) electrons. The van der Waals surface area contributed by atoms with Crippen LogP contribution in [0.15, 0.2) is 66.7 Å². The number of ether oxygens (including phenoxy) is 1. The zero-order chi connectivity index (χ0) is 25.7. The van der Waals surface area contributed by atoms with E-state index in [2.05, 4.69) is 39.8 Å². The fourth-order valence-electron chi connectivity index (χ4n) is 4.07. The minimum Gasteiger partial charge on any atom is -0.442 e. The monoisotopic (exact) mass is 490 g/mol. The Morgan fingerprint density at radius 2 is 1.67 bits per heavy atom. The lowest BCUT2D eigenvalue weighted by atomic mass is 10.0. The van der Waals surface area contributed by atoms with E-state index in [1.165, 1.54) is 29.1 Å². The number of hydrogen-bond donors (Lipinski definition) is 2. The fraction of sp³-hybridized carbons (Fsp3) is 0.286. The van der Waals surface area contributed by atoms with Crippen LogP contribution >= 0.6 is 0 Å². The zero-order valence-corrected chi connectivity index (χ0v) is 20.8. The summed E-state index contributed by atoms with van der Waals surface area (Å²) in [6.07, 6.45) is -1.02. The topological polar surface area (TPSA) is 73.9 Å². The molecule has 0 spiro atoms. The van der Waals surface area contributed by atoms with E-state index in [1.807, 2.05) is 38.4 Å². The first-order valence-corrected chi connectivity index (χ1v) is 11.9. The molecular formula is C28H31FN4O3. The lowest BCUT2D eigenvalue weighted by Gasteiger charge is -2.15. The molecule has 8 heteroatoms. The lowest BCUT2D eigenvalue weighted by Crippen LogP contribution is -2.33. The molecule has 0 bridgehead atoms. The molecule has 1 unspecified atom stereocenters. The van der Waals surface area contributed by atoms with Crippen LogP contribution in [0.1, 0.15) is 18.1 Å². The zero-order valence-electron chi connectivity index (χ0n) is 20.8. The molecular weight excluding hydrogens is 459 g/mol. The molecule has 3 aromatic carbocycles. The first kappa shape index (κ1) is 25.2. The molecule has 7 nitrogen and oxygen atoms in total. The van der Waals surface area contributed by atoms with Gasteiger partial charge in [-0.2, -0.15) is 0 Å². The van der Waals surface area contributed by atoms with Gasteiger partial charge >= 0.3 is 6.09 Å². The van der Waals surface area contributed by atoms with E-state index in [0.29, 0.717) is 17.8 Å². The van der Waals surface area contributed by atoms with Gasteiger partial charge in [0.1, 0.15) is 11.9 Å². The summed E-state index contributed by atoms with van der Waals surface area (Å²) in [5.74, 6) is -0.616. The summed E-state index contributed by atoms with van der Waals surface area (Å²) in [6, 6.07) is 20.9. The predicted octanol–water partition coefficient (Wildman–Crippen LogP) is 4.31. The summed E-state index contributed by atoms with van der Waals surface area (Å²) in [4.78, 5) is 26.8. The summed E-state index contributed by atoms with van der Waals surface area (Å²) in [5.41, 5.74) is 5.12. The van der Waals surface area contributed by atoms with Gasteiger partial charge in [-0.05, 0) is 47.0 Å². The Labute approximate surface area is 210 Å². The van der Waals surface area contributed by atoms with Crippen molar-refractivity contribution in [2.24, 2.45) is 0 Å². The van der Waals surface area contributed by atoms with Gasteiger partial charge in [-0.15, -0.1) is 0 Å². The average molecular weight is 491 g/mol. The van der Waals surface area contributed by atoms with Crippen LogP contribution < -0.4 is 20.4 Å². The number of benzene rings is 3. The molecule has 1 aliphatic rings. The first-order chi connectivity index (χ1) is 17.3. The Kier molecular flexibility index (Phi) is 7.85. The Balaban J connectivity index is 1.34. The van der Waals surface area contributed by atoms with E-state index in [-0.39, 0.29) is 19.0 Å². The maximum absolute atomic E-state index is 15.0. The molecule has 0 aliphatic carbocycles. The van der Waals surface area contributed by atoms with Crippen LogP contribution in [0.2, 0.25) is 0 Å². The van der Waals surface area contributed by atoms with Crippen LogP contribution in [0.25, 0.3) is 11.1 Å². The number of rotatable bonds is 9. The highest BCUT2D eigenvalue weighted by atomic mass is 19.1. The van der Waals surface area contributed by atoms with Gasteiger partial charge in [0.2, 0.25) is 5.91 Å². The van der Waals surface area contributed by atoms with E-state index >= 15 is 0 Å². The van der Waals surface area contributed by atoms with Crippen molar-refractivity contribution < 1.29 is 18.7 Å². The summed E-state index contributed by atoms with van der Waals surface area (Å²) >= 11 is 0. The average Bonchev–Trinajstić information content (AvgIpc) is 3.24. The van der Waals surface area contributed by atoms with E-state index in [0.717, 1.165) is 17.7 Å². The van der Waals surface area contributed by atoms with Gasteiger partial charge in [-0.1, -0.05) is 36.4 Å². The smallest absolute Gasteiger partial charge is 0.414 e. The summed E-state index contributed by atoms with van der Waals surface area (Å²) in [7, 11) is 4.04. The van der Waals surface area contributed by atoms with Gasteiger partial charge in [0.25, 0.3) is 0 Å². The highest BCUT2D eigenvalue weighted by Crippen LogP contribution is 2.29. The van der Waals surface area contributed by atoms with Gasteiger partial charge in [0.05, 0.1) is 18.8 Å². The number of carbonyl (C=O) groups excluding carboxylic acids is 2. The Hall–Kier alpha value is -3.91. The maximum Gasteiger partial charge on any atom is 0.414 e. The molecule has 2 amide bonds. The van der Waals surface area contributed by atoms with Gasteiger partial charge < -0.3 is 20.3 Å². The molecule has 1 heterocycles. The molecule has 1 fully saturated rings. The molecule has 0 saturated carbocycles. The highest BCUT2D eigenvalue weighted by Gasteiger charge is 2.32. The second-order valence-corrected chi connectivity index (χ2v) is 9.08. The number of halogens is 1. The van der Waals surface area contributed by atoms with Crippen LogP contribution in [0.4, 0.5) is 20.6 Å². The number of nitrogens with one attached hydrogen (secondary N) is 2. The van der Waals surface area contributed by atoms with Crippen LogP contribution in [-0.2, 0) is 22.6 Å². The largest absolute Gasteiger partial charge is 0.442 e. The van der Waals surface area contributed by atoms with Gasteiger partial charge in [0, 0.05) is 45.4 Å². The SMILES string of the molecule is CC(=O)NCC1CN(c2ccc(-c3ccc(CNCc4ccc(N(C)C)cc4)cc3)c(F)c2)C(=O)O1. The van der Waals surface area contributed by atoms with Crippen molar-refractivity contribution in [3.8, 4) is 11.1 Å². The standard InChI is InChI=1S/C28H31FN4O3/c1-19(34)31-17-25-18-33(28(35)36-25)24-12-13-26(27(29)14-24)22-8-4-20(5-9-22)15-30-16-21-6-10-23(11-7-21)32(2)3/h4-14,25,30H,15-18H2,1-3H3,(H,31,34). The van der Waals surface area contributed by atoms with E-state index in [1.54, 1.807) is 12.1 Å². The van der Waals surface area contributed by atoms with Crippen molar-refractivity contribution in [2.45, 2.75) is 26.1 Å². The molecule has 3 aromatic rings. The third kappa shape index (κ3) is 6.20. The normalized spacial score (nSPS) is 15.1. The van der Waals surface area contributed by atoms with Gasteiger partial charge in [-0.3, -0.25) is 9.69 Å². The number of amides is 2. The minimum absolute atomic E-state index is 0.198. The second-order valence-electron chi connectivity index (χ2n) is 9.08. The van der Waals surface area contributed by atoms with E-state index < -0.39 is 18.0 Å². The third-order valence-corrected chi connectivity index (χ3v) is 6.09. The van der Waals surface area contributed by atoms with Crippen LogP contribution in [0.5, 0.6) is 0 Å². The van der Waals surface area contributed by atoms with Crippen LogP contribution in [-0.4, -0.2) is 45.3 Å². The highest BCUT2D eigenvalue weighted by molar-refractivity contribution is 5.90. The molecule has 36 heavy (non-hydrogen) atoms. The van der Waals surface area contributed by atoms with Crippen LogP contribution in [0, 0.1) is 5.82 Å². The van der Waals surface area contributed by atoms with Crippen molar-refractivity contribution in [1.82, 2.24) is 10.6 Å². The molecule has 4 rings (SSSR count). The van der Waals surface area contributed by atoms with Crippen molar-refractivity contribution in [3.05, 3.63) is 83.7 Å². The summed E-state index contributed by atoms with van der Waals surface area (Å²) in [5, 5.41) is 6.07. The summed E-state index contributed by atoms with van der Waals surface area (Å²) in [6.45, 7) is 3.34. The fourth-order valence-corrected chi connectivity index (χ4v) is 4.07. The number of cyclic esters (lactones) is 1. The van der Waals surface area contributed by atoms with Crippen molar-refractivity contribution in [3.63, 3.8) is 0 Å². The van der Waals surface area contributed by atoms with Crippen molar-refractivity contribution in [2.75, 3.05) is 37.0 Å². The van der Waals surface area contributed by atoms with E-state index in [4.69, 9.17) is 4.74 Å². The Morgan fingerprint density at radius 1 is 1.03 bits per heavy atom. The van der Waals surface area contributed by atoms with Crippen molar-refractivity contribution in [1.29, 1.82) is 0 Å². The molecule has 188 valence electrons. The molecule has 0 aromatic heterocycles. The Morgan fingerprint density at radius 3 is 2.25 bits per heavy atom. The maximum atomic E-state index is 15.0. The van der Waals surface area contributed by atoms with E-state index in [9.17, 15) is 14.0 Å². The lowest BCUT2D eigenvalue weighted by molar-refractivity contribution is -0.119. The molecule has 2 N–H and O–H groups in total. The quantitative estimate of drug-likeness (QED) is 0.468. The minimum atomic E-state index is -0.553. The molecule has 1 atom stereocenters. The second kappa shape index (κ2) is 11.2. The number of carbonyl (C=O) groups is 2. The van der Waals surface area contributed by atoms with Gasteiger partial charge in [-0.25, -0.2) is 9.18 Å². The number of nitrogens with zero attached hydrogens (tertiary/aromatic N) is 2. The summed E-state index contributed by atoms with van der Waals surface area (Å²) < 4.78 is 20.2. The van der Waals surface area contributed by atoms with Crippen molar-refractivity contribution >= 4 is 23.4 Å². The third-order valence-electron chi connectivity index (χ3n) is 6.09. The first-order valence-electron chi connectivity index (χ1n) is 11.9.